The van der Waals surface area contributed by atoms with Gasteiger partial charge >= 0.3 is 0 Å². The molecule has 4 rings (SSSR count). The quantitative estimate of drug-likeness (QED) is 0.866. The molecular weight excluding hydrogens is 280 g/mol. The molecule has 0 spiro atoms. The standard InChI is InChI=1S/C17H20N2O3/c1-2-16-17(22-13-21-16)9-14(1)10-18-4-6-19(7-5-18)11-15-3-8-20-12-15/h1-3,8-9,12H,4-7,10-11,13H2. The molecule has 0 N–H and O–H groups in total. The second kappa shape index (κ2) is 6.02. The largest absolute Gasteiger partial charge is 0.472 e. The maximum absolute atomic E-state index is 5.45. The molecule has 0 bridgehead atoms. The van der Waals surface area contributed by atoms with Crippen LogP contribution in [0, 0.1) is 0 Å². The molecule has 1 fully saturated rings. The molecule has 5 nitrogen and oxygen atoms in total. The van der Waals surface area contributed by atoms with Crippen molar-refractivity contribution in [1.82, 2.24) is 9.80 Å². The lowest BCUT2D eigenvalue weighted by atomic mass is 10.1. The van der Waals surface area contributed by atoms with Crippen molar-refractivity contribution in [1.29, 1.82) is 0 Å². The molecule has 5 heteroatoms. The van der Waals surface area contributed by atoms with E-state index in [0.29, 0.717) is 6.79 Å². The molecule has 0 radical (unpaired) electrons. The monoisotopic (exact) mass is 300 g/mol. The molecular formula is C17H20N2O3. The van der Waals surface area contributed by atoms with Gasteiger partial charge in [0, 0.05) is 44.8 Å². The molecule has 1 aromatic carbocycles. The third-order valence-electron chi connectivity index (χ3n) is 4.29. The van der Waals surface area contributed by atoms with Crippen molar-refractivity contribution in [2.75, 3.05) is 33.0 Å². The average molecular weight is 300 g/mol. The van der Waals surface area contributed by atoms with E-state index >= 15 is 0 Å². The van der Waals surface area contributed by atoms with Crippen molar-refractivity contribution < 1.29 is 13.9 Å². The first kappa shape index (κ1) is 13.7. The van der Waals surface area contributed by atoms with Gasteiger partial charge in [-0.05, 0) is 23.8 Å². The first-order valence-corrected chi connectivity index (χ1v) is 7.71. The first-order chi connectivity index (χ1) is 10.9. The summed E-state index contributed by atoms with van der Waals surface area (Å²) in [5.74, 6) is 1.73. The summed E-state index contributed by atoms with van der Waals surface area (Å²) in [5.41, 5.74) is 2.54. The molecule has 22 heavy (non-hydrogen) atoms. The van der Waals surface area contributed by atoms with Crippen LogP contribution in [0.25, 0.3) is 0 Å². The van der Waals surface area contributed by atoms with Crippen LogP contribution >= 0.6 is 0 Å². The van der Waals surface area contributed by atoms with Crippen LogP contribution in [-0.2, 0) is 13.1 Å². The summed E-state index contributed by atoms with van der Waals surface area (Å²) in [6.07, 6.45) is 3.57. The Morgan fingerprint density at radius 3 is 2.27 bits per heavy atom. The molecule has 116 valence electrons. The van der Waals surface area contributed by atoms with Gasteiger partial charge < -0.3 is 13.9 Å². The smallest absolute Gasteiger partial charge is 0.231 e. The van der Waals surface area contributed by atoms with Crippen LogP contribution in [0.1, 0.15) is 11.1 Å². The highest BCUT2D eigenvalue weighted by Gasteiger charge is 2.19. The SMILES string of the molecule is c1cc(CN2CCN(Cc3ccc4c(c3)OCO4)CC2)co1. The number of hydrogen-bond acceptors (Lipinski definition) is 5. The fraction of sp³-hybridized carbons (Fsp3) is 0.412. The average Bonchev–Trinajstić information content (AvgIpc) is 3.20. The summed E-state index contributed by atoms with van der Waals surface area (Å²) in [4.78, 5) is 4.96. The van der Waals surface area contributed by atoms with Crippen molar-refractivity contribution in [3.63, 3.8) is 0 Å². The van der Waals surface area contributed by atoms with E-state index in [2.05, 4.69) is 21.9 Å². The summed E-state index contributed by atoms with van der Waals surface area (Å²) < 4.78 is 15.9. The van der Waals surface area contributed by atoms with E-state index in [9.17, 15) is 0 Å². The van der Waals surface area contributed by atoms with E-state index < -0.39 is 0 Å². The number of benzene rings is 1. The molecule has 0 aliphatic carbocycles. The van der Waals surface area contributed by atoms with E-state index in [4.69, 9.17) is 13.9 Å². The number of hydrogen-bond donors (Lipinski definition) is 0. The number of nitrogens with zero attached hydrogens (tertiary/aromatic N) is 2. The number of fused-ring (bicyclic) bond motifs is 1. The highest BCUT2D eigenvalue weighted by Crippen LogP contribution is 2.32. The molecule has 2 aromatic rings. The minimum Gasteiger partial charge on any atom is -0.472 e. The molecule has 2 aliphatic heterocycles. The highest BCUT2D eigenvalue weighted by atomic mass is 16.7. The Bertz CT molecular complexity index is 619. The van der Waals surface area contributed by atoms with Crippen LogP contribution in [-0.4, -0.2) is 42.8 Å². The van der Waals surface area contributed by atoms with Gasteiger partial charge in [-0.15, -0.1) is 0 Å². The third-order valence-corrected chi connectivity index (χ3v) is 4.29. The van der Waals surface area contributed by atoms with Gasteiger partial charge in [0.25, 0.3) is 0 Å². The van der Waals surface area contributed by atoms with Crippen LogP contribution < -0.4 is 9.47 Å². The summed E-state index contributed by atoms with van der Waals surface area (Å²) >= 11 is 0. The Kier molecular flexibility index (Phi) is 3.74. The predicted molar refractivity (Wildman–Crippen MR) is 81.8 cm³/mol. The van der Waals surface area contributed by atoms with Gasteiger partial charge in [-0.2, -0.15) is 0 Å². The third kappa shape index (κ3) is 2.96. The molecule has 1 saturated heterocycles. The topological polar surface area (TPSA) is 38.1 Å². The summed E-state index contributed by atoms with van der Waals surface area (Å²) in [5, 5.41) is 0. The lowest BCUT2D eigenvalue weighted by Crippen LogP contribution is -2.45. The summed E-state index contributed by atoms with van der Waals surface area (Å²) in [6, 6.07) is 8.28. The van der Waals surface area contributed by atoms with Crippen LogP contribution in [0.3, 0.4) is 0 Å². The summed E-state index contributed by atoms with van der Waals surface area (Å²) in [7, 11) is 0. The lowest BCUT2D eigenvalue weighted by Gasteiger charge is -2.34. The fourth-order valence-corrected chi connectivity index (χ4v) is 3.04. The minimum atomic E-state index is 0.339. The number of rotatable bonds is 4. The van der Waals surface area contributed by atoms with Gasteiger partial charge in [-0.1, -0.05) is 6.07 Å². The van der Waals surface area contributed by atoms with Crippen molar-refractivity contribution in [2.24, 2.45) is 0 Å². The molecule has 0 amide bonds. The zero-order valence-electron chi connectivity index (χ0n) is 12.5. The van der Waals surface area contributed by atoms with Gasteiger partial charge in [0.15, 0.2) is 11.5 Å². The molecule has 0 saturated carbocycles. The first-order valence-electron chi connectivity index (χ1n) is 7.71. The van der Waals surface area contributed by atoms with Gasteiger partial charge in [0.1, 0.15) is 0 Å². The fourth-order valence-electron chi connectivity index (χ4n) is 3.04. The Morgan fingerprint density at radius 1 is 0.818 bits per heavy atom. The second-order valence-electron chi connectivity index (χ2n) is 5.87. The molecule has 0 atom stereocenters. The van der Waals surface area contributed by atoms with Gasteiger partial charge in [-0.25, -0.2) is 0 Å². The van der Waals surface area contributed by atoms with Gasteiger partial charge in [-0.3, -0.25) is 9.80 Å². The number of piperazine rings is 1. The van der Waals surface area contributed by atoms with Crippen LogP contribution in [0.4, 0.5) is 0 Å². The Balaban J connectivity index is 1.30. The Labute approximate surface area is 130 Å². The predicted octanol–water partition coefficient (Wildman–Crippen LogP) is 2.33. The van der Waals surface area contributed by atoms with Crippen molar-refractivity contribution >= 4 is 0 Å². The molecule has 1 aromatic heterocycles. The number of furan rings is 1. The Hall–Kier alpha value is -1.98. The van der Waals surface area contributed by atoms with E-state index in [0.717, 1.165) is 50.8 Å². The zero-order valence-corrected chi connectivity index (χ0v) is 12.5. The van der Waals surface area contributed by atoms with Gasteiger partial charge in [0.05, 0.1) is 12.5 Å². The summed E-state index contributed by atoms with van der Waals surface area (Å²) in [6.45, 7) is 6.65. The molecule has 2 aliphatic rings. The van der Waals surface area contributed by atoms with Gasteiger partial charge in [0.2, 0.25) is 6.79 Å². The van der Waals surface area contributed by atoms with Crippen LogP contribution in [0.15, 0.2) is 41.2 Å². The van der Waals surface area contributed by atoms with Crippen molar-refractivity contribution in [2.45, 2.75) is 13.1 Å². The van der Waals surface area contributed by atoms with E-state index in [1.165, 1.54) is 11.1 Å². The molecule has 0 unspecified atom stereocenters. The lowest BCUT2D eigenvalue weighted by molar-refractivity contribution is 0.122. The van der Waals surface area contributed by atoms with Crippen LogP contribution in [0.2, 0.25) is 0 Å². The molecule has 3 heterocycles. The van der Waals surface area contributed by atoms with Crippen molar-refractivity contribution in [3.8, 4) is 11.5 Å². The van der Waals surface area contributed by atoms with Crippen LogP contribution in [0.5, 0.6) is 11.5 Å². The number of ether oxygens (including phenoxy) is 2. The minimum absolute atomic E-state index is 0.339. The van der Waals surface area contributed by atoms with E-state index in [1.807, 2.05) is 18.4 Å². The van der Waals surface area contributed by atoms with E-state index in [1.54, 1.807) is 6.26 Å². The second-order valence-corrected chi connectivity index (χ2v) is 5.87. The Morgan fingerprint density at radius 2 is 1.55 bits per heavy atom. The normalized spacial score (nSPS) is 18.7. The maximum Gasteiger partial charge on any atom is 0.231 e. The zero-order chi connectivity index (χ0) is 14.8. The highest BCUT2D eigenvalue weighted by molar-refractivity contribution is 5.44. The van der Waals surface area contributed by atoms with E-state index in [-0.39, 0.29) is 0 Å². The maximum atomic E-state index is 5.45. The van der Waals surface area contributed by atoms with Crippen molar-refractivity contribution in [3.05, 3.63) is 47.9 Å².